The number of benzene rings is 2. The summed E-state index contributed by atoms with van der Waals surface area (Å²) in [6.07, 6.45) is 0.167. The van der Waals surface area contributed by atoms with E-state index in [1.807, 2.05) is 12.1 Å². The van der Waals surface area contributed by atoms with Gasteiger partial charge in [-0.15, -0.1) is 11.3 Å². The van der Waals surface area contributed by atoms with Crippen LogP contribution in [0.15, 0.2) is 53.9 Å². The van der Waals surface area contributed by atoms with Crippen molar-refractivity contribution < 1.29 is 28.7 Å². The average molecular weight is 574 g/mol. The maximum atomic E-state index is 13.3. The lowest BCUT2D eigenvalue weighted by molar-refractivity contribution is -0.152. The number of hydrogen-bond donors (Lipinski definition) is 4. The lowest BCUT2D eigenvalue weighted by atomic mass is 10.0. The molecule has 11 nitrogen and oxygen atoms in total. The van der Waals surface area contributed by atoms with Crippen LogP contribution in [0.3, 0.4) is 0 Å². The predicted molar refractivity (Wildman–Crippen MR) is 150 cm³/mol. The second kappa shape index (κ2) is 10.5. The van der Waals surface area contributed by atoms with E-state index in [9.17, 15) is 19.2 Å². The third-order valence-corrected chi connectivity index (χ3v) is 8.46. The molecular formula is C29H27N5O6S. The molecule has 3 amide bonds. The van der Waals surface area contributed by atoms with Crippen molar-refractivity contribution in [3.63, 3.8) is 0 Å². The summed E-state index contributed by atoms with van der Waals surface area (Å²) in [4.78, 5) is 54.4. The lowest BCUT2D eigenvalue weighted by Gasteiger charge is -2.24. The number of nitrogens with one attached hydrogen (secondary N) is 3. The normalized spacial score (nSPS) is 18.3. The molecule has 3 aliphatic rings. The Morgan fingerprint density at radius 3 is 2.46 bits per heavy atom. The summed E-state index contributed by atoms with van der Waals surface area (Å²) in [5, 5.41) is 14.8. The molecule has 0 saturated carbocycles. The molecule has 12 heteroatoms. The summed E-state index contributed by atoms with van der Waals surface area (Å²) in [6.45, 7) is 0.661. The highest BCUT2D eigenvalue weighted by Gasteiger charge is 2.52. The van der Waals surface area contributed by atoms with E-state index in [0.29, 0.717) is 41.0 Å². The molecule has 0 radical (unpaired) electrons. The molecule has 3 aromatic rings. The second-order valence-electron chi connectivity index (χ2n) is 10.1. The van der Waals surface area contributed by atoms with Gasteiger partial charge in [-0.1, -0.05) is 24.3 Å². The maximum absolute atomic E-state index is 13.3. The minimum Gasteiger partial charge on any atom is -0.384 e. The van der Waals surface area contributed by atoms with Gasteiger partial charge in [0, 0.05) is 38.9 Å². The van der Waals surface area contributed by atoms with Crippen molar-refractivity contribution in [3.8, 4) is 11.1 Å². The van der Waals surface area contributed by atoms with Crippen LogP contribution in [0.2, 0.25) is 0 Å². The largest absolute Gasteiger partial charge is 0.384 e. The van der Waals surface area contributed by atoms with Gasteiger partial charge < -0.3 is 30.7 Å². The van der Waals surface area contributed by atoms with Gasteiger partial charge in [0.1, 0.15) is 11.9 Å². The Morgan fingerprint density at radius 1 is 1.00 bits per heavy atom. The van der Waals surface area contributed by atoms with Crippen molar-refractivity contribution in [3.05, 3.63) is 81.0 Å². The number of nitrogen functional groups attached to an aromatic ring is 1. The van der Waals surface area contributed by atoms with Gasteiger partial charge in [0.05, 0.1) is 32.8 Å². The quantitative estimate of drug-likeness (QED) is 0.193. The Kier molecular flexibility index (Phi) is 6.89. The van der Waals surface area contributed by atoms with Crippen molar-refractivity contribution in [2.75, 3.05) is 26.3 Å². The highest BCUT2D eigenvalue weighted by Crippen LogP contribution is 2.37. The smallest absolute Gasteiger partial charge is 0.251 e. The van der Waals surface area contributed by atoms with Crippen LogP contribution in [0.5, 0.6) is 0 Å². The zero-order chi connectivity index (χ0) is 28.7. The Bertz CT molecular complexity index is 1590. The number of fused-ring (bicyclic) bond motifs is 3. The molecule has 3 heterocycles. The molecule has 1 unspecified atom stereocenters. The number of carbonyl (C=O) groups excluding carboxylic acids is 4. The van der Waals surface area contributed by atoms with Gasteiger partial charge >= 0.3 is 0 Å². The number of thiophene rings is 1. The number of amides is 3. The summed E-state index contributed by atoms with van der Waals surface area (Å²) in [6, 6.07) is 13.0. The van der Waals surface area contributed by atoms with E-state index in [4.69, 9.17) is 20.6 Å². The van der Waals surface area contributed by atoms with Gasteiger partial charge in [-0.3, -0.25) is 24.6 Å². The number of carbonyl (C=O) groups is 4. The molecule has 1 aromatic heterocycles. The fraction of sp³-hybridized carbons (Fsp3) is 0.276. The van der Waals surface area contributed by atoms with Crippen molar-refractivity contribution >= 4 is 40.7 Å². The van der Waals surface area contributed by atoms with Crippen LogP contribution in [-0.4, -0.2) is 72.4 Å². The zero-order valence-electron chi connectivity index (χ0n) is 21.9. The Balaban J connectivity index is 1.12. The SMILES string of the molecule is N=C(N)c1csc(CNC(=O)C2CC3(CN2C(=O)CNC(=O)c2ccc4c(c2)-c2ccccc2C4=O)OCCO3)c1. The van der Waals surface area contributed by atoms with Crippen LogP contribution in [-0.2, 0) is 25.6 Å². The number of ketones is 1. The first-order valence-electron chi connectivity index (χ1n) is 13.1. The van der Waals surface area contributed by atoms with Crippen molar-refractivity contribution in [1.82, 2.24) is 15.5 Å². The molecular weight excluding hydrogens is 546 g/mol. The molecule has 0 bridgehead atoms. The van der Waals surface area contributed by atoms with Crippen LogP contribution in [0.25, 0.3) is 11.1 Å². The maximum Gasteiger partial charge on any atom is 0.251 e. The van der Waals surface area contributed by atoms with E-state index >= 15 is 0 Å². The van der Waals surface area contributed by atoms with Crippen molar-refractivity contribution in [2.24, 2.45) is 5.73 Å². The van der Waals surface area contributed by atoms with Crippen LogP contribution >= 0.6 is 11.3 Å². The van der Waals surface area contributed by atoms with Gasteiger partial charge in [-0.2, -0.15) is 0 Å². The molecule has 2 saturated heterocycles. The van der Waals surface area contributed by atoms with Gasteiger partial charge in [0.15, 0.2) is 11.6 Å². The van der Waals surface area contributed by atoms with E-state index < -0.39 is 23.6 Å². The van der Waals surface area contributed by atoms with Crippen LogP contribution in [0.1, 0.15) is 43.1 Å². The molecule has 1 aliphatic carbocycles. The summed E-state index contributed by atoms with van der Waals surface area (Å²) in [5.74, 6) is -2.50. The molecule has 1 atom stereocenters. The molecule has 41 heavy (non-hydrogen) atoms. The third-order valence-electron chi connectivity index (χ3n) is 7.52. The second-order valence-corrected chi connectivity index (χ2v) is 11.1. The van der Waals surface area contributed by atoms with E-state index in [-0.39, 0.29) is 43.6 Å². The van der Waals surface area contributed by atoms with Crippen molar-refractivity contribution in [2.45, 2.75) is 24.8 Å². The number of hydrogen-bond acceptors (Lipinski definition) is 8. The van der Waals surface area contributed by atoms with E-state index in [0.717, 1.165) is 10.4 Å². The average Bonchev–Trinajstić information content (AvgIpc) is 3.78. The molecule has 210 valence electrons. The summed E-state index contributed by atoms with van der Waals surface area (Å²) >= 11 is 1.37. The predicted octanol–water partition coefficient (Wildman–Crippen LogP) is 1.63. The summed E-state index contributed by atoms with van der Waals surface area (Å²) < 4.78 is 11.6. The topological polar surface area (TPSA) is 164 Å². The van der Waals surface area contributed by atoms with Crippen LogP contribution < -0.4 is 16.4 Å². The molecule has 2 aliphatic heterocycles. The van der Waals surface area contributed by atoms with Gasteiger partial charge in [0.2, 0.25) is 11.8 Å². The number of rotatable bonds is 7. The number of amidine groups is 1. The Labute approximate surface area is 239 Å². The van der Waals surface area contributed by atoms with Crippen LogP contribution in [0, 0.1) is 5.41 Å². The first-order valence-corrected chi connectivity index (χ1v) is 14.0. The molecule has 2 aromatic carbocycles. The first kappa shape index (κ1) is 26.8. The lowest BCUT2D eigenvalue weighted by Crippen LogP contribution is -2.49. The third kappa shape index (κ3) is 5.01. The standard InChI is InChI=1S/C29H27N5O6S/c30-26(31)17-9-18(41-14-17)12-32-28(38)23-11-29(39-7-8-40-29)15-34(23)24(35)13-33-27(37)16-5-6-21-22(10-16)19-3-1-2-4-20(19)25(21)36/h1-6,9-10,14,23H,7-8,11-13,15H2,(H3,30,31)(H,32,38)(H,33,37). The number of nitrogens with zero attached hydrogens (tertiary/aromatic N) is 1. The number of likely N-dealkylation sites (tertiary alicyclic amines) is 1. The van der Waals surface area contributed by atoms with E-state index in [1.165, 1.54) is 16.2 Å². The fourth-order valence-electron chi connectivity index (χ4n) is 5.47. The minimum absolute atomic E-state index is 0.0518. The van der Waals surface area contributed by atoms with Gasteiger partial charge in [0.25, 0.3) is 5.91 Å². The monoisotopic (exact) mass is 573 g/mol. The van der Waals surface area contributed by atoms with Crippen molar-refractivity contribution in [1.29, 1.82) is 5.41 Å². The first-order chi connectivity index (χ1) is 19.7. The summed E-state index contributed by atoms with van der Waals surface area (Å²) in [5.41, 5.74) is 9.00. The Hall–Kier alpha value is -4.39. The summed E-state index contributed by atoms with van der Waals surface area (Å²) in [7, 11) is 0. The Morgan fingerprint density at radius 2 is 1.73 bits per heavy atom. The zero-order valence-corrected chi connectivity index (χ0v) is 22.7. The molecule has 5 N–H and O–H groups in total. The van der Waals surface area contributed by atoms with Gasteiger partial charge in [-0.05, 0) is 35.4 Å². The highest BCUT2D eigenvalue weighted by atomic mass is 32.1. The number of nitrogens with two attached hydrogens (primary N) is 1. The highest BCUT2D eigenvalue weighted by molar-refractivity contribution is 7.10. The molecule has 6 rings (SSSR count). The van der Waals surface area contributed by atoms with Crippen LogP contribution in [0.4, 0.5) is 0 Å². The van der Waals surface area contributed by atoms with E-state index in [2.05, 4.69) is 10.6 Å². The van der Waals surface area contributed by atoms with Gasteiger partial charge in [-0.25, -0.2) is 0 Å². The fourth-order valence-corrected chi connectivity index (χ4v) is 6.30. The van der Waals surface area contributed by atoms with E-state index in [1.54, 1.807) is 41.8 Å². The number of ether oxygens (including phenoxy) is 2. The molecule has 2 fully saturated rings. The minimum atomic E-state index is -1.06. The molecule has 1 spiro atoms.